The molecule has 4 aromatic rings. The summed E-state index contributed by atoms with van der Waals surface area (Å²) in [7, 11) is 0. The summed E-state index contributed by atoms with van der Waals surface area (Å²) in [5.74, 6) is 0.460. The van der Waals surface area contributed by atoms with Crippen molar-refractivity contribution in [3.05, 3.63) is 78.4 Å². The maximum absolute atomic E-state index is 13.1. The maximum Gasteiger partial charge on any atom is 0.274 e. The van der Waals surface area contributed by atoms with E-state index in [9.17, 15) is 4.79 Å². The van der Waals surface area contributed by atoms with Crippen LogP contribution in [0.3, 0.4) is 0 Å². The van der Waals surface area contributed by atoms with Gasteiger partial charge in [-0.2, -0.15) is 4.98 Å². The molecule has 1 amide bonds. The minimum Gasteiger partial charge on any atom is -0.477 e. The van der Waals surface area contributed by atoms with Crippen LogP contribution in [0.1, 0.15) is 16.2 Å². The van der Waals surface area contributed by atoms with Gasteiger partial charge in [-0.3, -0.25) is 14.8 Å². The lowest BCUT2D eigenvalue weighted by Crippen LogP contribution is -2.37. The van der Waals surface area contributed by atoms with Gasteiger partial charge >= 0.3 is 0 Å². The standard InChI is InChI=1S/C25H24N6O3/c32-24(28-20-6-7-21-18(16-20)4-3-10-27-21)22-17-23(34-13-8-19-5-1-2-9-26-19)30-25(29-22)31-11-14-33-15-12-31/h1-7,9-10,16-17H,8,11-15H2,(H,28,32). The van der Waals surface area contributed by atoms with E-state index < -0.39 is 0 Å². The number of rotatable bonds is 7. The van der Waals surface area contributed by atoms with Crippen LogP contribution in [-0.4, -0.2) is 58.8 Å². The Balaban J connectivity index is 1.36. The van der Waals surface area contributed by atoms with Gasteiger partial charge in [0, 0.05) is 54.7 Å². The van der Waals surface area contributed by atoms with E-state index in [1.165, 1.54) is 0 Å². The highest BCUT2D eigenvalue weighted by Gasteiger charge is 2.19. The normalized spacial score (nSPS) is 13.6. The van der Waals surface area contributed by atoms with Crippen LogP contribution < -0.4 is 15.0 Å². The average molecular weight is 457 g/mol. The summed E-state index contributed by atoms with van der Waals surface area (Å²) in [4.78, 5) is 32.8. The number of fused-ring (bicyclic) bond motifs is 1. The minimum atomic E-state index is -0.338. The third-order valence-corrected chi connectivity index (χ3v) is 5.41. The Morgan fingerprint density at radius 2 is 1.88 bits per heavy atom. The molecular formula is C25H24N6O3. The van der Waals surface area contributed by atoms with Crippen molar-refractivity contribution in [2.24, 2.45) is 0 Å². The van der Waals surface area contributed by atoms with Crippen molar-refractivity contribution in [2.45, 2.75) is 6.42 Å². The van der Waals surface area contributed by atoms with E-state index in [4.69, 9.17) is 9.47 Å². The molecule has 5 rings (SSSR count). The SMILES string of the molecule is O=C(Nc1ccc2ncccc2c1)c1cc(OCCc2ccccn2)nc(N2CCOCC2)n1. The summed E-state index contributed by atoms with van der Waals surface area (Å²) in [6, 6.07) is 16.7. The van der Waals surface area contributed by atoms with E-state index in [0.29, 0.717) is 56.8 Å². The second-order valence-electron chi connectivity index (χ2n) is 7.78. The summed E-state index contributed by atoms with van der Waals surface area (Å²) < 4.78 is 11.3. The van der Waals surface area contributed by atoms with Gasteiger partial charge in [0.15, 0.2) is 0 Å². The van der Waals surface area contributed by atoms with Crippen molar-refractivity contribution in [3.63, 3.8) is 0 Å². The third kappa shape index (κ3) is 5.26. The fourth-order valence-electron chi connectivity index (χ4n) is 3.66. The van der Waals surface area contributed by atoms with Gasteiger partial charge < -0.3 is 19.7 Å². The molecule has 172 valence electrons. The van der Waals surface area contributed by atoms with Crippen LogP contribution in [0.2, 0.25) is 0 Å². The first kappa shape index (κ1) is 21.7. The van der Waals surface area contributed by atoms with Gasteiger partial charge in [-0.1, -0.05) is 12.1 Å². The molecule has 1 fully saturated rings. The third-order valence-electron chi connectivity index (χ3n) is 5.41. The Kier molecular flexibility index (Phi) is 6.53. The lowest BCUT2D eigenvalue weighted by Gasteiger charge is -2.27. The van der Waals surface area contributed by atoms with Gasteiger partial charge in [0.2, 0.25) is 11.8 Å². The molecule has 4 heterocycles. The van der Waals surface area contributed by atoms with E-state index in [2.05, 4.69) is 25.3 Å². The molecule has 1 aromatic carbocycles. The van der Waals surface area contributed by atoms with Gasteiger partial charge in [-0.15, -0.1) is 0 Å². The maximum atomic E-state index is 13.1. The molecule has 0 unspecified atom stereocenters. The lowest BCUT2D eigenvalue weighted by molar-refractivity contribution is 0.102. The highest BCUT2D eigenvalue weighted by molar-refractivity contribution is 6.04. The zero-order valence-electron chi connectivity index (χ0n) is 18.6. The number of nitrogens with zero attached hydrogens (tertiary/aromatic N) is 5. The number of nitrogens with one attached hydrogen (secondary N) is 1. The molecule has 0 aliphatic carbocycles. The van der Waals surface area contributed by atoms with Crippen LogP contribution in [0.5, 0.6) is 5.88 Å². The molecule has 9 nitrogen and oxygen atoms in total. The zero-order chi connectivity index (χ0) is 23.2. The molecule has 0 saturated carbocycles. The number of hydrogen-bond donors (Lipinski definition) is 1. The number of anilines is 2. The summed E-state index contributed by atoms with van der Waals surface area (Å²) in [6.45, 7) is 2.85. The summed E-state index contributed by atoms with van der Waals surface area (Å²) in [6.07, 6.45) is 4.12. The Bertz CT molecular complexity index is 1280. The number of morpholine rings is 1. The number of amides is 1. The van der Waals surface area contributed by atoms with Gasteiger partial charge in [-0.05, 0) is 36.4 Å². The molecule has 0 spiro atoms. The largest absolute Gasteiger partial charge is 0.477 e. The van der Waals surface area contributed by atoms with Crippen LogP contribution in [0.25, 0.3) is 10.9 Å². The molecule has 0 bridgehead atoms. The van der Waals surface area contributed by atoms with E-state index in [1.54, 1.807) is 18.5 Å². The number of aromatic nitrogens is 4. The van der Waals surface area contributed by atoms with Gasteiger partial charge in [0.25, 0.3) is 5.91 Å². The van der Waals surface area contributed by atoms with Gasteiger partial charge in [0.05, 0.1) is 25.3 Å². The van der Waals surface area contributed by atoms with Crippen molar-refractivity contribution in [2.75, 3.05) is 43.1 Å². The number of ether oxygens (including phenoxy) is 2. The minimum absolute atomic E-state index is 0.232. The van der Waals surface area contributed by atoms with Gasteiger partial charge in [0.1, 0.15) is 5.69 Å². The Hall–Kier alpha value is -4.11. The number of benzene rings is 1. The first-order valence-electron chi connectivity index (χ1n) is 11.2. The zero-order valence-corrected chi connectivity index (χ0v) is 18.6. The molecule has 0 atom stereocenters. The number of carbonyl (C=O) groups is 1. The quantitative estimate of drug-likeness (QED) is 0.453. The summed E-state index contributed by atoms with van der Waals surface area (Å²) >= 11 is 0. The molecule has 1 N–H and O–H groups in total. The Labute approximate surface area is 196 Å². The molecule has 1 aliphatic rings. The summed E-state index contributed by atoms with van der Waals surface area (Å²) in [5.41, 5.74) is 2.68. The van der Waals surface area contributed by atoms with Gasteiger partial charge in [-0.25, -0.2) is 4.98 Å². The van der Waals surface area contributed by atoms with Crippen LogP contribution >= 0.6 is 0 Å². The fraction of sp³-hybridized carbons (Fsp3) is 0.240. The molecule has 0 radical (unpaired) electrons. The smallest absolute Gasteiger partial charge is 0.274 e. The van der Waals surface area contributed by atoms with Crippen LogP contribution in [-0.2, 0) is 11.2 Å². The van der Waals surface area contributed by atoms with Crippen molar-refractivity contribution >= 4 is 28.4 Å². The van der Waals surface area contributed by atoms with Crippen LogP contribution in [0.4, 0.5) is 11.6 Å². The van der Waals surface area contributed by atoms with Crippen LogP contribution in [0.15, 0.2) is 67.0 Å². The topological polar surface area (TPSA) is 102 Å². The fourth-order valence-corrected chi connectivity index (χ4v) is 3.66. The monoisotopic (exact) mass is 456 g/mol. The molecule has 9 heteroatoms. The van der Waals surface area contributed by atoms with E-state index >= 15 is 0 Å². The first-order valence-corrected chi connectivity index (χ1v) is 11.2. The molecule has 1 aliphatic heterocycles. The number of hydrogen-bond acceptors (Lipinski definition) is 8. The van der Waals surface area contributed by atoms with E-state index in [0.717, 1.165) is 16.6 Å². The number of carbonyl (C=O) groups excluding carboxylic acids is 1. The molecule has 1 saturated heterocycles. The Morgan fingerprint density at radius 3 is 2.74 bits per heavy atom. The highest BCUT2D eigenvalue weighted by Crippen LogP contribution is 2.20. The van der Waals surface area contributed by atoms with Crippen molar-refractivity contribution in [3.8, 4) is 5.88 Å². The Morgan fingerprint density at radius 1 is 1.00 bits per heavy atom. The summed E-state index contributed by atoms with van der Waals surface area (Å²) in [5, 5.41) is 3.86. The molecule has 3 aromatic heterocycles. The van der Waals surface area contributed by atoms with Crippen LogP contribution in [0, 0.1) is 0 Å². The van der Waals surface area contributed by atoms with E-state index in [1.807, 2.05) is 53.4 Å². The first-order chi connectivity index (χ1) is 16.7. The highest BCUT2D eigenvalue weighted by atomic mass is 16.5. The lowest BCUT2D eigenvalue weighted by atomic mass is 10.2. The molecule has 34 heavy (non-hydrogen) atoms. The van der Waals surface area contributed by atoms with Crippen molar-refractivity contribution < 1.29 is 14.3 Å². The van der Waals surface area contributed by atoms with E-state index in [-0.39, 0.29) is 11.6 Å². The number of pyridine rings is 2. The van der Waals surface area contributed by atoms with Crippen molar-refractivity contribution in [1.82, 2.24) is 19.9 Å². The second kappa shape index (κ2) is 10.2. The van der Waals surface area contributed by atoms with Crippen molar-refractivity contribution in [1.29, 1.82) is 0 Å². The second-order valence-corrected chi connectivity index (χ2v) is 7.78. The molecular weight excluding hydrogens is 432 g/mol. The predicted octanol–water partition coefficient (Wildman–Crippen LogP) is 3.13. The average Bonchev–Trinajstić information content (AvgIpc) is 2.89. The predicted molar refractivity (Wildman–Crippen MR) is 128 cm³/mol.